The Hall–Kier alpha value is -7.56. The summed E-state index contributed by atoms with van der Waals surface area (Å²) in [5.41, 5.74) is 7.47. The van der Waals surface area contributed by atoms with Crippen molar-refractivity contribution in [3.63, 3.8) is 0 Å². The van der Waals surface area contributed by atoms with Gasteiger partial charge < -0.3 is 4.57 Å². The van der Waals surface area contributed by atoms with Crippen LogP contribution in [0, 0.1) is 0 Å². The summed E-state index contributed by atoms with van der Waals surface area (Å²) in [7, 11) is 0. The fourth-order valence-corrected chi connectivity index (χ4v) is 9.76. The molecule has 0 bridgehead atoms. The lowest BCUT2D eigenvalue weighted by Gasteiger charge is -2.15. The van der Waals surface area contributed by atoms with E-state index in [0.29, 0.717) is 0 Å². The van der Waals surface area contributed by atoms with Gasteiger partial charge in [-0.15, -0.1) is 0 Å². The quantitative estimate of drug-likeness (QED) is 0.167. The van der Waals surface area contributed by atoms with Gasteiger partial charge >= 0.3 is 0 Å². The van der Waals surface area contributed by atoms with Crippen LogP contribution in [0.5, 0.6) is 0 Å². The minimum absolute atomic E-state index is 0.796. The summed E-state index contributed by atoms with van der Waals surface area (Å²) < 4.78 is 4.83. The molecule has 0 aliphatic heterocycles. The molecule has 0 radical (unpaired) electrons. The molecular formula is C52H30N4. The van der Waals surface area contributed by atoms with E-state index in [2.05, 4.69) is 185 Å². The summed E-state index contributed by atoms with van der Waals surface area (Å²) in [5.74, 6) is 0.796. The second-order valence-electron chi connectivity index (χ2n) is 14.9. The van der Waals surface area contributed by atoms with Gasteiger partial charge in [-0.1, -0.05) is 152 Å². The van der Waals surface area contributed by atoms with Gasteiger partial charge in [0, 0.05) is 38.0 Å². The molecule has 0 saturated carbocycles. The minimum Gasteiger partial charge on any atom is -0.307 e. The van der Waals surface area contributed by atoms with Gasteiger partial charge in [0.15, 0.2) is 5.82 Å². The van der Waals surface area contributed by atoms with E-state index in [-0.39, 0.29) is 0 Å². The fourth-order valence-electron chi connectivity index (χ4n) is 9.76. The third-order valence-electron chi connectivity index (χ3n) is 12.1. The Kier molecular flexibility index (Phi) is 5.86. The molecule has 0 amide bonds. The van der Waals surface area contributed by atoms with Gasteiger partial charge in [0.05, 0.1) is 39.3 Å². The molecule has 56 heavy (non-hydrogen) atoms. The Morgan fingerprint density at radius 3 is 1.27 bits per heavy atom. The molecule has 10 aromatic carbocycles. The molecule has 0 saturated heterocycles. The second-order valence-corrected chi connectivity index (χ2v) is 14.9. The maximum atomic E-state index is 5.55. The normalized spacial score (nSPS) is 12.3. The first-order valence-corrected chi connectivity index (χ1v) is 19.2. The molecule has 3 heterocycles. The number of hydrogen-bond donors (Lipinski definition) is 0. The largest absolute Gasteiger partial charge is 0.307 e. The smallest absolute Gasteiger partial charge is 0.157 e. The SMILES string of the molecule is c1ccc2c(c1)c1ccccc1c1cc(-n3c4ccccc4c4ccc5c6ccccc6n(-c6cnc7c8ccccc8c8ccccc8c7n6)c5c43)ccc21. The average molecular weight is 711 g/mol. The lowest BCUT2D eigenvalue weighted by Crippen LogP contribution is -2.02. The molecule has 4 heteroatoms. The van der Waals surface area contributed by atoms with E-state index < -0.39 is 0 Å². The summed E-state index contributed by atoms with van der Waals surface area (Å²) in [6, 6.07) is 63.9. The molecule has 0 aliphatic rings. The van der Waals surface area contributed by atoms with Gasteiger partial charge in [-0.3, -0.25) is 9.55 Å². The first-order chi connectivity index (χ1) is 27.8. The summed E-state index contributed by atoms with van der Waals surface area (Å²) in [6.45, 7) is 0. The molecule has 0 unspecified atom stereocenters. The van der Waals surface area contributed by atoms with Crippen LogP contribution < -0.4 is 0 Å². The monoisotopic (exact) mass is 710 g/mol. The molecule has 3 aromatic heterocycles. The van der Waals surface area contributed by atoms with E-state index in [1.54, 1.807) is 0 Å². The van der Waals surface area contributed by atoms with E-state index in [1.165, 1.54) is 70.2 Å². The van der Waals surface area contributed by atoms with Gasteiger partial charge in [-0.05, 0) is 67.4 Å². The molecule has 0 atom stereocenters. The summed E-state index contributed by atoms with van der Waals surface area (Å²) in [6.07, 6.45) is 1.97. The van der Waals surface area contributed by atoms with Crippen LogP contribution in [0.3, 0.4) is 0 Å². The molecule has 13 aromatic rings. The number of para-hydroxylation sites is 2. The van der Waals surface area contributed by atoms with E-state index in [9.17, 15) is 0 Å². The lowest BCUT2D eigenvalue weighted by molar-refractivity contribution is 1.07. The molecule has 0 N–H and O–H groups in total. The summed E-state index contributed by atoms with van der Waals surface area (Å²) in [5, 5.41) is 17.0. The standard InChI is InChI=1S/C52H30N4/c1-2-15-34-32(13-1)33-14-3-4-18-37(33)45-29-31(25-26-38(34)45)55-46-23-11-9-19-39(46)43-27-28-44-40-20-10-12-24-47(40)56(52(44)51(43)55)48-30-53-49-41-21-7-5-16-35(41)36-17-6-8-22-42(36)50(49)54-48/h1-30H. The van der Waals surface area contributed by atoms with E-state index in [0.717, 1.165) is 49.9 Å². The van der Waals surface area contributed by atoms with Gasteiger partial charge in [-0.2, -0.15) is 0 Å². The molecule has 4 nitrogen and oxygen atoms in total. The predicted molar refractivity (Wildman–Crippen MR) is 236 cm³/mol. The Labute approximate surface area is 320 Å². The van der Waals surface area contributed by atoms with Crippen molar-refractivity contribution in [2.45, 2.75) is 0 Å². The molecule has 0 aliphatic carbocycles. The predicted octanol–water partition coefficient (Wildman–Crippen LogP) is 13.6. The maximum absolute atomic E-state index is 5.55. The Morgan fingerprint density at radius 2 is 0.696 bits per heavy atom. The second kappa shape index (κ2) is 11.0. The highest BCUT2D eigenvalue weighted by Crippen LogP contribution is 2.43. The van der Waals surface area contributed by atoms with Gasteiger partial charge in [0.2, 0.25) is 0 Å². The first kappa shape index (κ1) is 29.8. The highest BCUT2D eigenvalue weighted by atomic mass is 15.1. The number of hydrogen-bond acceptors (Lipinski definition) is 2. The fraction of sp³-hybridized carbons (Fsp3) is 0. The van der Waals surface area contributed by atoms with Crippen molar-refractivity contribution in [1.82, 2.24) is 19.1 Å². The molecular weight excluding hydrogens is 681 g/mol. The lowest BCUT2D eigenvalue weighted by atomic mass is 9.94. The maximum Gasteiger partial charge on any atom is 0.157 e. The highest BCUT2D eigenvalue weighted by Gasteiger charge is 2.23. The van der Waals surface area contributed by atoms with Gasteiger partial charge in [0.25, 0.3) is 0 Å². The minimum atomic E-state index is 0.796. The average Bonchev–Trinajstić information content (AvgIpc) is 3.79. The van der Waals surface area contributed by atoms with Crippen LogP contribution in [0.2, 0.25) is 0 Å². The molecule has 258 valence electrons. The zero-order valence-electron chi connectivity index (χ0n) is 30.1. The number of rotatable bonds is 2. The van der Waals surface area contributed by atoms with Crippen molar-refractivity contribution in [3.05, 3.63) is 182 Å². The summed E-state index contributed by atoms with van der Waals surface area (Å²) in [4.78, 5) is 10.8. The Bertz CT molecular complexity index is 3510. The van der Waals surface area contributed by atoms with Crippen LogP contribution in [0.1, 0.15) is 0 Å². The van der Waals surface area contributed by atoms with E-state index >= 15 is 0 Å². The number of aromatic nitrogens is 4. The van der Waals surface area contributed by atoms with E-state index in [1.807, 2.05) is 6.20 Å². The van der Waals surface area contributed by atoms with Crippen LogP contribution in [0.15, 0.2) is 182 Å². The van der Waals surface area contributed by atoms with Crippen LogP contribution in [0.4, 0.5) is 0 Å². The Morgan fingerprint density at radius 1 is 0.304 bits per heavy atom. The van der Waals surface area contributed by atoms with Crippen LogP contribution >= 0.6 is 0 Å². The highest BCUT2D eigenvalue weighted by molar-refractivity contribution is 6.27. The molecule has 13 rings (SSSR count). The topological polar surface area (TPSA) is 35.6 Å². The third kappa shape index (κ3) is 3.87. The number of nitrogens with zero attached hydrogens (tertiary/aromatic N) is 4. The van der Waals surface area contributed by atoms with Gasteiger partial charge in [-0.25, -0.2) is 4.98 Å². The van der Waals surface area contributed by atoms with Crippen molar-refractivity contribution < 1.29 is 0 Å². The van der Waals surface area contributed by atoms with Crippen LogP contribution in [0.25, 0.3) is 120 Å². The first-order valence-electron chi connectivity index (χ1n) is 19.2. The van der Waals surface area contributed by atoms with Crippen LogP contribution in [-0.4, -0.2) is 19.1 Å². The molecule has 0 spiro atoms. The Balaban J connectivity index is 1.19. The van der Waals surface area contributed by atoms with Crippen molar-refractivity contribution >= 4 is 109 Å². The zero-order valence-corrected chi connectivity index (χ0v) is 30.1. The number of benzene rings is 10. The zero-order chi connectivity index (χ0) is 36.5. The third-order valence-corrected chi connectivity index (χ3v) is 12.1. The van der Waals surface area contributed by atoms with Crippen molar-refractivity contribution in [2.24, 2.45) is 0 Å². The number of fused-ring (bicyclic) bond motifs is 19. The van der Waals surface area contributed by atoms with E-state index in [4.69, 9.17) is 9.97 Å². The van der Waals surface area contributed by atoms with Crippen molar-refractivity contribution in [2.75, 3.05) is 0 Å². The van der Waals surface area contributed by atoms with Gasteiger partial charge in [0.1, 0.15) is 0 Å². The summed E-state index contributed by atoms with van der Waals surface area (Å²) >= 11 is 0. The van der Waals surface area contributed by atoms with Crippen molar-refractivity contribution in [1.29, 1.82) is 0 Å². The van der Waals surface area contributed by atoms with Crippen LogP contribution in [-0.2, 0) is 0 Å². The molecule has 0 fully saturated rings. The van der Waals surface area contributed by atoms with Crippen molar-refractivity contribution in [3.8, 4) is 11.5 Å².